The molecule has 0 unspecified atom stereocenters. The van der Waals surface area contributed by atoms with Crippen molar-refractivity contribution in [3.63, 3.8) is 0 Å². The lowest BCUT2D eigenvalue weighted by molar-refractivity contribution is -0.120. The Kier molecular flexibility index (Phi) is 5.69. The third kappa shape index (κ3) is 5.36. The van der Waals surface area contributed by atoms with Crippen LogP contribution in [0.5, 0.6) is 0 Å². The van der Waals surface area contributed by atoms with Crippen molar-refractivity contribution >= 4 is 28.2 Å². The van der Waals surface area contributed by atoms with Gasteiger partial charge in [0, 0.05) is 30.5 Å². The fourth-order valence-electron chi connectivity index (χ4n) is 2.28. The Morgan fingerprint density at radius 3 is 2.84 bits per heavy atom. The van der Waals surface area contributed by atoms with Gasteiger partial charge in [0.25, 0.3) is 0 Å². The van der Waals surface area contributed by atoms with Crippen LogP contribution in [0, 0.1) is 6.92 Å². The zero-order valence-corrected chi connectivity index (χ0v) is 14.7. The number of carbonyl (C=O) groups excluding carboxylic acids is 1. The number of aromatic nitrogens is 3. The first-order valence-electron chi connectivity index (χ1n) is 7.99. The number of aryl methyl sites for hydroxylation is 1. The minimum atomic E-state index is -0.0282. The monoisotopic (exact) mass is 353 g/mol. The molecule has 0 aliphatic heterocycles. The predicted octanol–water partition coefficient (Wildman–Crippen LogP) is 2.89. The predicted molar refractivity (Wildman–Crippen MR) is 99.0 cm³/mol. The summed E-state index contributed by atoms with van der Waals surface area (Å²) in [5.74, 6) is 0.724. The summed E-state index contributed by atoms with van der Waals surface area (Å²) in [6.45, 7) is 2.61. The third-order valence-electron chi connectivity index (χ3n) is 3.53. The summed E-state index contributed by atoms with van der Waals surface area (Å²) in [4.78, 5) is 24.7. The number of carbonyl (C=O) groups is 1. The van der Waals surface area contributed by atoms with Gasteiger partial charge in [-0.1, -0.05) is 0 Å². The molecule has 0 saturated heterocycles. The molecule has 2 N–H and O–H groups in total. The van der Waals surface area contributed by atoms with Crippen LogP contribution in [-0.2, 0) is 17.6 Å². The third-order valence-corrected chi connectivity index (χ3v) is 4.34. The summed E-state index contributed by atoms with van der Waals surface area (Å²) in [6, 6.07) is 7.79. The molecule has 3 rings (SSSR count). The summed E-state index contributed by atoms with van der Waals surface area (Å²) < 4.78 is 0. The highest BCUT2D eigenvalue weighted by Gasteiger charge is 2.08. The van der Waals surface area contributed by atoms with Crippen LogP contribution in [-0.4, -0.2) is 27.4 Å². The molecule has 3 heterocycles. The van der Waals surface area contributed by atoms with E-state index in [1.165, 1.54) is 11.3 Å². The molecule has 3 aromatic heterocycles. The average molecular weight is 353 g/mol. The van der Waals surface area contributed by atoms with Crippen LogP contribution in [0.2, 0.25) is 0 Å². The topological polar surface area (TPSA) is 79.8 Å². The van der Waals surface area contributed by atoms with Gasteiger partial charge in [-0.15, -0.1) is 11.3 Å². The number of rotatable bonds is 7. The van der Waals surface area contributed by atoms with Gasteiger partial charge in [-0.2, -0.15) is 0 Å². The van der Waals surface area contributed by atoms with E-state index in [4.69, 9.17) is 0 Å². The van der Waals surface area contributed by atoms with E-state index in [1.807, 2.05) is 36.6 Å². The number of pyridine rings is 2. The Bertz CT molecular complexity index is 834. The molecule has 0 fully saturated rings. The van der Waals surface area contributed by atoms with E-state index >= 15 is 0 Å². The van der Waals surface area contributed by atoms with Crippen LogP contribution >= 0.6 is 11.3 Å². The molecule has 0 aliphatic rings. The van der Waals surface area contributed by atoms with Crippen LogP contribution in [0.1, 0.15) is 16.8 Å². The normalized spacial score (nSPS) is 10.4. The van der Waals surface area contributed by atoms with Crippen LogP contribution in [0.25, 0.3) is 0 Å². The van der Waals surface area contributed by atoms with Crippen molar-refractivity contribution in [2.45, 2.75) is 19.8 Å². The number of nitrogens with one attached hydrogen (secondary N) is 2. The fourth-order valence-corrected chi connectivity index (χ4v) is 3.00. The molecule has 7 heteroatoms. The van der Waals surface area contributed by atoms with Crippen molar-refractivity contribution in [1.82, 2.24) is 20.3 Å². The number of anilines is 2. The average Bonchev–Trinajstić information content (AvgIpc) is 3.02. The van der Waals surface area contributed by atoms with Crippen LogP contribution in [0.3, 0.4) is 0 Å². The molecule has 3 aromatic rings. The Labute approximate surface area is 150 Å². The molecule has 6 nitrogen and oxygen atoms in total. The second kappa shape index (κ2) is 8.34. The molecule has 0 aromatic carbocycles. The van der Waals surface area contributed by atoms with Gasteiger partial charge in [-0.25, -0.2) is 9.97 Å². The van der Waals surface area contributed by atoms with Gasteiger partial charge >= 0.3 is 0 Å². The van der Waals surface area contributed by atoms with E-state index in [-0.39, 0.29) is 12.3 Å². The van der Waals surface area contributed by atoms with E-state index in [0.29, 0.717) is 6.54 Å². The van der Waals surface area contributed by atoms with E-state index in [2.05, 4.69) is 25.6 Å². The van der Waals surface area contributed by atoms with Gasteiger partial charge in [-0.3, -0.25) is 9.78 Å². The van der Waals surface area contributed by atoms with Crippen molar-refractivity contribution in [2.75, 3.05) is 11.9 Å². The molecular weight excluding hydrogens is 334 g/mol. The zero-order chi connectivity index (χ0) is 17.5. The van der Waals surface area contributed by atoms with Crippen LogP contribution < -0.4 is 10.6 Å². The van der Waals surface area contributed by atoms with Gasteiger partial charge in [0.15, 0.2) is 5.13 Å². The molecule has 128 valence electrons. The highest BCUT2D eigenvalue weighted by molar-refractivity contribution is 7.13. The summed E-state index contributed by atoms with van der Waals surface area (Å²) in [5.41, 5.74) is 3.03. The number of hydrogen-bond donors (Lipinski definition) is 2. The standard InChI is InChI=1S/C18H19N5OS/c1-13-2-8-20-16(10-13)23-18-22-15(12-25-18)11-17(24)21-9-5-14-3-6-19-7-4-14/h2-4,6-8,10,12H,5,9,11H2,1H3,(H,21,24)(H,20,22,23). The minimum Gasteiger partial charge on any atom is -0.355 e. The highest BCUT2D eigenvalue weighted by atomic mass is 32.1. The van der Waals surface area contributed by atoms with Crippen molar-refractivity contribution in [1.29, 1.82) is 0 Å². The Morgan fingerprint density at radius 1 is 1.20 bits per heavy atom. The Balaban J connectivity index is 1.46. The lowest BCUT2D eigenvalue weighted by atomic mass is 10.2. The van der Waals surface area contributed by atoms with Crippen molar-refractivity contribution in [3.05, 3.63) is 65.1 Å². The fraction of sp³-hybridized carbons (Fsp3) is 0.222. The van der Waals surface area contributed by atoms with Crippen LogP contribution in [0.15, 0.2) is 48.2 Å². The molecular formula is C18H19N5OS. The maximum atomic E-state index is 12.0. The highest BCUT2D eigenvalue weighted by Crippen LogP contribution is 2.20. The summed E-state index contributed by atoms with van der Waals surface area (Å²) in [6.07, 6.45) is 6.32. The van der Waals surface area contributed by atoms with Gasteiger partial charge in [0.1, 0.15) is 5.82 Å². The second-order valence-corrected chi connectivity index (χ2v) is 6.48. The van der Waals surface area contributed by atoms with E-state index in [9.17, 15) is 4.79 Å². The lowest BCUT2D eigenvalue weighted by Crippen LogP contribution is -2.27. The Morgan fingerprint density at radius 2 is 2.04 bits per heavy atom. The second-order valence-electron chi connectivity index (χ2n) is 5.62. The molecule has 0 bridgehead atoms. The smallest absolute Gasteiger partial charge is 0.226 e. The summed E-state index contributed by atoms with van der Waals surface area (Å²) in [7, 11) is 0. The van der Waals surface area contributed by atoms with Crippen molar-refractivity contribution in [2.24, 2.45) is 0 Å². The first kappa shape index (κ1) is 17.0. The number of hydrogen-bond acceptors (Lipinski definition) is 6. The molecule has 25 heavy (non-hydrogen) atoms. The van der Waals surface area contributed by atoms with Crippen molar-refractivity contribution < 1.29 is 4.79 Å². The maximum absolute atomic E-state index is 12.0. The van der Waals surface area contributed by atoms with Crippen LogP contribution in [0.4, 0.5) is 10.9 Å². The minimum absolute atomic E-state index is 0.0282. The van der Waals surface area contributed by atoms with Gasteiger partial charge in [-0.05, 0) is 48.7 Å². The quantitative estimate of drug-likeness (QED) is 0.683. The molecule has 0 saturated carbocycles. The Hall–Kier alpha value is -2.80. The summed E-state index contributed by atoms with van der Waals surface area (Å²) >= 11 is 1.46. The molecule has 0 aliphatic carbocycles. The number of nitrogens with zero attached hydrogens (tertiary/aromatic N) is 3. The molecule has 1 amide bonds. The zero-order valence-electron chi connectivity index (χ0n) is 13.9. The lowest BCUT2D eigenvalue weighted by Gasteiger charge is -2.04. The largest absolute Gasteiger partial charge is 0.355 e. The maximum Gasteiger partial charge on any atom is 0.226 e. The molecule has 0 atom stereocenters. The van der Waals surface area contributed by atoms with E-state index in [1.54, 1.807) is 18.6 Å². The first-order chi connectivity index (χ1) is 12.2. The van der Waals surface area contributed by atoms with E-state index < -0.39 is 0 Å². The van der Waals surface area contributed by atoms with E-state index in [0.717, 1.165) is 34.2 Å². The van der Waals surface area contributed by atoms with Crippen molar-refractivity contribution in [3.8, 4) is 0 Å². The SMILES string of the molecule is Cc1ccnc(Nc2nc(CC(=O)NCCc3ccncc3)cs2)c1. The van der Waals surface area contributed by atoms with Gasteiger partial charge in [0.2, 0.25) is 5.91 Å². The van der Waals surface area contributed by atoms with Gasteiger partial charge in [0.05, 0.1) is 12.1 Å². The number of thiazole rings is 1. The van der Waals surface area contributed by atoms with Gasteiger partial charge < -0.3 is 10.6 Å². The summed E-state index contributed by atoms with van der Waals surface area (Å²) in [5, 5.41) is 8.70. The number of amides is 1. The molecule has 0 radical (unpaired) electrons. The molecule has 0 spiro atoms. The first-order valence-corrected chi connectivity index (χ1v) is 8.87.